The molecule has 0 heterocycles. The zero-order chi connectivity index (χ0) is 12.6. The number of nitrogens with one attached hydrogen (secondary N) is 1. The Morgan fingerprint density at radius 2 is 2.00 bits per heavy atom. The standard InChI is InChI=1S/C9H12F3NO3/c1-8(7(15)16)3-2-5(4-8)13-6(14)9(10,11)12/h5H,2-4H2,1H3,(H,13,14)(H,15,16). The molecule has 0 saturated heterocycles. The molecule has 1 aliphatic rings. The third-order valence-corrected chi connectivity index (χ3v) is 2.85. The molecule has 92 valence electrons. The summed E-state index contributed by atoms with van der Waals surface area (Å²) in [6, 6.07) is -0.713. The number of amides is 1. The molecule has 0 aliphatic heterocycles. The summed E-state index contributed by atoms with van der Waals surface area (Å²) in [5, 5.41) is 10.7. The van der Waals surface area contributed by atoms with E-state index in [1.807, 2.05) is 0 Å². The van der Waals surface area contributed by atoms with Gasteiger partial charge in [0.25, 0.3) is 0 Å². The van der Waals surface area contributed by atoms with Gasteiger partial charge in [-0.15, -0.1) is 0 Å². The van der Waals surface area contributed by atoms with Gasteiger partial charge in [0.05, 0.1) is 5.41 Å². The minimum Gasteiger partial charge on any atom is -0.481 e. The summed E-state index contributed by atoms with van der Waals surface area (Å²) in [5.41, 5.74) is -1.04. The van der Waals surface area contributed by atoms with Crippen LogP contribution in [-0.2, 0) is 9.59 Å². The van der Waals surface area contributed by atoms with Crippen LogP contribution >= 0.6 is 0 Å². The number of aliphatic carboxylic acids is 1. The number of carboxylic acid groups (broad SMARTS) is 1. The molecule has 2 atom stereocenters. The van der Waals surface area contributed by atoms with Crippen LogP contribution in [0.3, 0.4) is 0 Å². The Bertz CT molecular complexity index is 316. The number of hydrogen-bond acceptors (Lipinski definition) is 2. The molecule has 2 unspecified atom stereocenters. The summed E-state index contributed by atoms with van der Waals surface area (Å²) in [4.78, 5) is 21.4. The Kier molecular flexibility index (Phi) is 3.16. The minimum absolute atomic E-state index is 0.0319. The Morgan fingerprint density at radius 1 is 1.44 bits per heavy atom. The van der Waals surface area contributed by atoms with Gasteiger partial charge in [-0.2, -0.15) is 13.2 Å². The first-order chi connectivity index (χ1) is 7.15. The average Bonchev–Trinajstić information content (AvgIpc) is 2.47. The smallest absolute Gasteiger partial charge is 0.471 e. The number of carbonyl (C=O) groups excluding carboxylic acids is 1. The fourth-order valence-electron chi connectivity index (χ4n) is 1.83. The van der Waals surface area contributed by atoms with Gasteiger partial charge < -0.3 is 10.4 Å². The molecule has 16 heavy (non-hydrogen) atoms. The summed E-state index contributed by atoms with van der Waals surface area (Å²) >= 11 is 0. The number of halogens is 3. The largest absolute Gasteiger partial charge is 0.481 e. The van der Waals surface area contributed by atoms with Crippen LogP contribution in [0.2, 0.25) is 0 Å². The quantitative estimate of drug-likeness (QED) is 0.763. The summed E-state index contributed by atoms with van der Waals surface area (Å²) in [6.07, 6.45) is -4.36. The van der Waals surface area contributed by atoms with Gasteiger partial charge in [0.1, 0.15) is 0 Å². The molecule has 0 radical (unpaired) electrons. The molecule has 0 aromatic carbocycles. The van der Waals surface area contributed by atoms with Crippen LogP contribution in [0.15, 0.2) is 0 Å². The Labute approximate surface area is 89.8 Å². The van der Waals surface area contributed by atoms with E-state index in [9.17, 15) is 22.8 Å². The molecule has 2 N–H and O–H groups in total. The molecule has 0 aromatic rings. The van der Waals surface area contributed by atoms with Crippen molar-refractivity contribution >= 4 is 11.9 Å². The molecule has 1 aliphatic carbocycles. The van der Waals surface area contributed by atoms with Crippen LogP contribution in [-0.4, -0.2) is 29.2 Å². The van der Waals surface area contributed by atoms with Gasteiger partial charge >= 0.3 is 18.1 Å². The Hall–Kier alpha value is -1.27. The fourth-order valence-corrected chi connectivity index (χ4v) is 1.83. The SMILES string of the molecule is CC1(C(=O)O)CCC(NC(=O)C(F)(F)F)C1. The lowest BCUT2D eigenvalue weighted by atomic mass is 9.89. The van der Waals surface area contributed by atoms with Crippen molar-refractivity contribution in [2.45, 2.75) is 38.4 Å². The van der Waals surface area contributed by atoms with E-state index in [4.69, 9.17) is 5.11 Å². The number of alkyl halides is 3. The van der Waals surface area contributed by atoms with Crippen molar-refractivity contribution in [2.24, 2.45) is 5.41 Å². The molecular weight excluding hydrogens is 227 g/mol. The first-order valence-electron chi connectivity index (χ1n) is 4.76. The van der Waals surface area contributed by atoms with Crippen molar-refractivity contribution in [1.82, 2.24) is 5.32 Å². The highest BCUT2D eigenvalue weighted by Crippen LogP contribution is 2.38. The van der Waals surface area contributed by atoms with Crippen LogP contribution in [0.1, 0.15) is 26.2 Å². The van der Waals surface area contributed by atoms with Crippen molar-refractivity contribution < 1.29 is 27.9 Å². The summed E-state index contributed by atoms with van der Waals surface area (Å²) in [5.74, 6) is -3.05. The highest BCUT2D eigenvalue weighted by Gasteiger charge is 2.45. The van der Waals surface area contributed by atoms with E-state index >= 15 is 0 Å². The molecule has 0 aromatic heterocycles. The number of carbonyl (C=O) groups is 2. The van der Waals surface area contributed by atoms with E-state index in [0.29, 0.717) is 0 Å². The molecule has 1 saturated carbocycles. The van der Waals surface area contributed by atoms with E-state index in [0.717, 1.165) is 0 Å². The molecule has 4 nitrogen and oxygen atoms in total. The average molecular weight is 239 g/mol. The predicted octanol–water partition coefficient (Wildman–Crippen LogP) is 1.31. The van der Waals surface area contributed by atoms with Gasteiger partial charge in [0.2, 0.25) is 0 Å². The number of rotatable bonds is 2. The molecular formula is C9H12F3NO3. The topological polar surface area (TPSA) is 66.4 Å². The van der Waals surface area contributed by atoms with Gasteiger partial charge in [-0.3, -0.25) is 9.59 Å². The molecule has 1 fully saturated rings. The van der Waals surface area contributed by atoms with Gasteiger partial charge in [-0.05, 0) is 26.2 Å². The Morgan fingerprint density at radius 3 is 2.38 bits per heavy atom. The van der Waals surface area contributed by atoms with E-state index in [-0.39, 0.29) is 19.3 Å². The van der Waals surface area contributed by atoms with Crippen molar-refractivity contribution in [3.63, 3.8) is 0 Å². The normalized spacial score (nSPS) is 30.1. The highest BCUT2D eigenvalue weighted by atomic mass is 19.4. The minimum atomic E-state index is -4.91. The maximum atomic E-state index is 11.9. The van der Waals surface area contributed by atoms with E-state index in [1.54, 1.807) is 5.32 Å². The lowest BCUT2D eigenvalue weighted by molar-refractivity contribution is -0.174. The van der Waals surface area contributed by atoms with Crippen LogP contribution in [0.5, 0.6) is 0 Å². The molecule has 1 rings (SSSR count). The second-order valence-corrected chi connectivity index (χ2v) is 4.28. The predicted molar refractivity (Wildman–Crippen MR) is 47.6 cm³/mol. The highest BCUT2D eigenvalue weighted by molar-refractivity contribution is 5.82. The van der Waals surface area contributed by atoms with E-state index in [2.05, 4.69) is 0 Å². The lowest BCUT2D eigenvalue weighted by Gasteiger charge is -2.18. The van der Waals surface area contributed by atoms with Gasteiger partial charge in [0.15, 0.2) is 0 Å². The van der Waals surface area contributed by atoms with Crippen LogP contribution in [0.4, 0.5) is 13.2 Å². The number of hydrogen-bond donors (Lipinski definition) is 2. The Balaban J connectivity index is 2.56. The molecule has 0 bridgehead atoms. The second-order valence-electron chi connectivity index (χ2n) is 4.28. The zero-order valence-electron chi connectivity index (χ0n) is 8.60. The summed E-state index contributed by atoms with van der Waals surface area (Å²) in [7, 11) is 0. The van der Waals surface area contributed by atoms with Gasteiger partial charge in [0, 0.05) is 6.04 Å². The molecule has 1 amide bonds. The van der Waals surface area contributed by atoms with Crippen molar-refractivity contribution in [3.05, 3.63) is 0 Å². The van der Waals surface area contributed by atoms with E-state index in [1.165, 1.54) is 6.92 Å². The summed E-state index contributed by atoms with van der Waals surface area (Å²) in [6.45, 7) is 1.47. The van der Waals surface area contributed by atoms with Gasteiger partial charge in [-0.25, -0.2) is 0 Å². The van der Waals surface area contributed by atoms with Crippen molar-refractivity contribution in [1.29, 1.82) is 0 Å². The maximum absolute atomic E-state index is 11.9. The van der Waals surface area contributed by atoms with Crippen LogP contribution in [0, 0.1) is 5.41 Å². The van der Waals surface area contributed by atoms with Crippen LogP contribution in [0.25, 0.3) is 0 Å². The molecule has 7 heteroatoms. The third-order valence-electron chi connectivity index (χ3n) is 2.85. The van der Waals surface area contributed by atoms with Crippen LogP contribution < -0.4 is 5.32 Å². The first kappa shape index (κ1) is 12.8. The summed E-state index contributed by atoms with van der Waals surface area (Å²) < 4.78 is 35.8. The van der Waals surface area contributed by atoms with Crippen molar-refractivity contribution in [2.75, 3.05) is 0 Å². The molecule has 0 spiro atoms. The maximum Gasteiger partial charge on any atom is 0.471 e. The third kappa shape index (κ3) is 2.65. The lowest BCUT2D eigenvalue weighted by Crippen LogP contribution is -2.42. The fraction of sp³-hybridized carbons (Fsp3) is 0.778. The number of carboxylic acids is 1. The van der Waals surface area contributed by atoms with E-state index < -0.39 is 29.5 Å². The monoisotopic (exact) mass is 239 g/mol. The van der Waals surface area contributed by atoms with Crippen molar-refractivity contribution in [3.8, 4) is 0 Å². The van der Waals surface area contributed by atoms with Gasteiger partial charge in [-0.1, -0.05) is 0 Å². The second kappa shape index (κ2) is 3.95. The first-order valence-corrected chi connectivity index (χ1v) is 4.76. The zero-order valence-corrected chi connectivity index (χ0v) is 8.60.